The number of nitrogens with zero attached hydrogens (tertiary/aromatic N) is 4. The van der Waals surface area contributed by atoms with Gasteiger partial charge in [-0.05, 0) is 55.5 Å². The topological polar surface area (TPSA) is 59.0 Å². The third-order valence-corrected chi connectivity index (χ3v) is 6.05. The number of rotatable bonds is 6. The summed E-state index contributed by atoms with van der Waals surface area (Å²) in [4.78, 5) is 9.92. The van der Waals surface area contributed by atoms with Gasteiger partial charge in [0, 0.05) is 55.9 Å². The smallest absolute Gasteiger partial charge is 0.137 e. The number of nitrogen functional groups attached to an aromatic ring is 1. The molecule has 5 rings (SSSR count). The van der Waals surface area contributed by atoms with Crippen molar-refractivity contribution in [3.8, 4) is 17.0 Å². The molecule has 3 heterocycles. The number of nitrogens with two attached hydrogens (primary N) is 1. The average molecular weight is 428 g/mol. The van der Waals surface area contributed by atoms with E-state index in [0.717, 1.165) is 61.1 Å². The zero-order valence-corrected chi connectivity index (χ0v) is 18.4. The first kappa shape index (κ1) is 20.4. The van der Waals surface area contributed by atoms with E-state index in [9.17, 15) is 0 Å². The number of imidazole rings is 1. The number of pyridine rings is 1. The van der Waals surface area contributed by atoms with Gasteiger partial charge in [0.2, 0.25) is 0 Å². The Morgan fingerprint density at radius 1 is 0.906 bits per heavy atom. The van der Waals surface area contributed by atoms with Crippen molar-refractivity contribution in [2.45, 2.75) is 13.5 Å². The number of hydrogen-bond acceptors (Lipinski definition) is 5. The predicted molar refractivity (Wildman–Crippen MR) is 130 cm³/mol. The van der Waals surface area contributed by atoms with Crippen molar-refractivity contribution in [2.24, 2.45) is 0 Å². The lowest BCUT2D eigenvalue weighted by molar-refractivity contribution is 0.247. The second-order valence-electron chi connectivity index (χ2n) is 8.15. The van der Waals surface area contributed by atoms with Crippen LogP contribution < -0.4 is 15.4 Å². The van der Waals surface area contributed by atoms with Crippen LogP contribution in [-0.2, 0) is 6.54 Å². The average Bonchev–Trinajstić information content (AvgIpc) is 3.18. The molecule has 32 heavy (non-hydrogen) atoms. The fraction of sp³-hybridized carbons (Fsp3) is 0.269. The van der Waals surface area contributed by atoms with Crippen LogP contribution >= 0.6 is 0 Å². The zero-order chi connectivity index (χ0) is 21.9. The second kappa shape index (κ2) is 8.93. The zero-order valence-electron chi connectivity index (χ0n) is 18.4. The van der Waals surface area contributed by atoms with E-state index in [2.05, 4.69) is 56.7 Å². The van der Waals surface area contributed by atoms with Crippen molar-refractivity contribution in [2.75, 3.05) is 43.4 Å². The normalized spacial score (nSPS) is 14.7. The maximum atomic E-state index is 6.12. The van der Waals surface area contributed by atoms with E-state index in [-0.39, 0.29) is 0 Å². The number of anilines is 2. The van der Waals surface area contributed by atoms with Gasteiger partial charge in [-0.3, -0.25) is 4.90 Å². The van der Waals surface area contributed by atoms with Crippen molar-refractivity contribution in [3.05, 3.63) is 78.6 Å². The number of benzene rings is 2. The Morgan fingerprint density at radius 3 is 2.38 bits per heavy atom. The molecule has 0 aliphatic carbocycles. The standard InChI is InChI=1S/C26H29N5O/c1-2-32-23-11-8-20(9-12-23)26-24(31-18-21(27)10-13-25(31)28-26)19-29-14-16-30(17-15-29)22-6-4-3-5-7-22/h3-13,18H,2,14-17,19,27H2,1H3. The summed E-state index contributed by atoms with van der Waals surface area (Å²) in [6, 6.07) is 22.8. The number of hydrogen-bond donors (Lipinski definition) is 1. The molecule has 0 atom stereocenters. The third kappa shape index (κ3) is 4.14. The monoisotopic (exact) mass is 427 g/mol. The molecule has 0 saturated carbocycles. The minimum absolute atomic E-state index is 0.660. The molecular weight excluding hydrogens is 398 g/mol. The summed E-state index contributed by atoms with van der Waals surface area (Å²) in [5.41, 5.74) is 12.3. The third-order valence-electron chi connectivity index (χ3n) is 6.05. The van der Waals surface area contributed by atoms with E-state index in [4.69, 9.17) is 15.5 Å². The Hall–Kier alpha value is -3.51. The van der Waals surface area contributed by atoms with Gasteiger partial charge in [-0.25, -0.2) is 4.98 Å². The summed E-state index contributed by atoms with van der Waals surface area (Å²) in [5, 5.41) is 0. The Labute approximate surface area is 188 Å². The molecule has 1 saturated heterocycles. The minimum atomic E-state index is 0.660. The SMILES string of the molecule is CCOc1ccc(-c2nc3ccc(N)cn3c2CN2CCN(c3ccccc3)CC2)cc1. The van der Waals surface area contributed by atoms with Crippen molar-refractivity contribution in [1.82, 2.24) is 14.3 Å². The molecule has 0 amide bonds. The molecule has 2 aromatic carbocycles. The molecule has 6 heteroatoms. The van der Waals surface area contributed by atoms with Crippen LogP contribution in [0.2, 0.25) is 0 Å². The molecule has 0 radical (unpaired) electrons. The Balaban J connectivity index is 1.41. The number of aromatic nitrogens is 2. The number of ether oxygens (including phenoxy) is 1. The van der Waals surface area contributed by atoms with Gasteiger partial charge in [0.1, 0.15) is 11.4 Å². The highest BCUT2D eigenvalue weighted by Gasteiger charge is 2.21. The van der Waals surface area contributed by atoms with Crippen LogP contribution in [0.5, 0.6) is 5.75 Å². The second-order valence-corrected chi connectivity index (χ2v) is 8.15. The van der Waals surface area contributed by atoms with Gasteiger partial charge in [0.25, 0.3) is 0 Å². The first-order valence-electron chi connectivity index (χ1n) is 11.2. The molecule has 1 aliphatic heterocycles. The maximum Gasteiger partial charge on any atom is 0.137 e. The molecule has 2 N–H and O–H groups in total. The summed E-state index contributed by atoms with van der Waals surface area (Å²) >= 11 is 0. The summed E-state index contributed by atoms with van der Waals surface area (Å²) in [6.45, 7) is 7.53. The van der Waals surface area contributed by atoms with Crippen molar-refractivity contribution in [1.29, 1.82) is 0 Å². The number of fused-ring (bicyclic) bond motifs is 1. The lowest BCUT2D eigenvalue weighted by Crippen LogP contribution is -2.46. The van der Waals surface area contributed by atoms with Crippen molar-refractivity contribution >= 4 is 17.0 Å². The van der Waals surface area contributed by atoms with Crippen LogP contribution in [0.15, 0.2) is 72.9 Å². The molecule has 6 nitrogen and oxygen atoms in total. The fourth-order valence-corrected chi connectivity index (χ4v) is 4.38. The highest BCUT2D eigenvalue weighted by molar-refractivity contribution is 5.68. The molecule has 1 aliphatic rings. The summed E-state index contributed by atoms with van der Waals surface area (Å²) in [7, 11) is 0. The van der Waals surface area contributed by atoms with E-state index >= 15 is 0 Å². The maximum absolute atomic E-state index is 6.12. The largest absolute Gasteiger partial charge is 0.494 e. The first-order chi connectivity index (χ1) is 15.7. The summed E-state index contributed by atoms with van der Waals surface area (Å²) in [6.07, 6.45) is 1.98. The van der Waals surface area contributed by atoms with Gasteiger partial charge in [-0.2, -0.15) is 0 Å². The minimum Gasteiger partial charge on any atom is -0.494 e. The number of para-hydroxylation sites is 1. The van der Waals surface area contributed by atoms with Crippen molar-refractivity contribution < 1.29 is 4.74 Å². The Morgan fingerprint density at radius 2 is 1.66 bits per heavy atom. The molecule has 164 valence electrons. The fourth-order valence-electron chi connectivity index (χ4n) is 4.38. The molecule has 0 bridgehead atoms. The van der Waals surface area contributed by atoms with Gasteiger partial charge in [-0.1, -0.05) is 18.2 Å². The highest BCUT2D eigenvalue weighted by Crippen LogP contribution is 2.28. The Kier molecular flexibility index (Phi) is 5.69. The lowest BCUT2D eigenvalue weighted by Gasteiger charge is -2.36. The first-order valence-corrected chi connectivity index (χ1v) is 11.2. The lowest BCUT2D eigenvalue weighted by atomic mass is 10.1. The quantitative estimate of drug-likeness (QED) is 0.497. The van der Waals surface area contributed by atoms with Crippen LogP contribution in [0.1, 0.15) is 12.6 Å². The molecule has 4 aromatic rings. The molecule has 0 unspecified atom stereocenters. The van der Waals surface area contributed by atoms with Gasteiger partial charge < -0.3 is 19.8 Å². The van der Waals surface area contributed by atoms with E-state index < -0.39 is 0 Å². The summed E-state index contributed by atoms with van der Waals surface area (Å²) in [5.74, 6) is 0.878. The van der Waals surface area contributed by atoms with Crippen molar-refractivity contribution in [3.63, 3.8) is 0 Å². The van der Waals surface area contributed by atoms with E-state index in [1.165, 1.54) is 11.4 Å². The van der Waals surface area contributed by atoms with E-state index in [0.29, 0.717) is 6.61 Å². The van der Waals surface area contributed by atoms with Gasteiger partial charge in [-0.15, -0.1) is 0 Å². The van der Waals surface area contributed by atoms with Crippen LogP contribution in [0, 0.1) is 0 Å². The Bertz CT molecular complexity index is 1180. The van der Waals surface area contributed by atoms with E-state index in [1.807, 2.05) is 37.4 Å². The van der Waals surface area contributed by atoms with Crippen LogP contribution in [-0.4, -0.2) is 47.1 Å². The molecule has 0 spiro atoms. The number of piperazine rings is 1. The van der Waals surface area contributed by atoms with Crippen LogP contribution in [0.3, 0.4) is 0 Å². The van der Waals surface area contributed by atoms with Crippen LogP contribution in [0.25, 0.3) is 16.9 Å². The highest BCUT2D eigenvalue weighted by atomic mass is 16.5. The van der Waals surface area contributed by atoms with Gasteiger partial charge in [0.05, 0.1) is 18.0 Å². The predicted octanol–water partition coefficient (Wildman–Crippen LogP) is 4.30. The summed E-state index contributed by atoms with van der Waals surface area (Å²) < 4.78 is 7.76. The molecule has 1 fully saturated rings. The van der Waals surface area contributed by atoms with Gasteiger partial charge in [0.15, 0.2) is 0 Å². The molecular formula is C26H29N5O. The van der Waals surface area contributed by atoms with Gasteiger partial charge >= 0.3 is 0 Å². The van der Waals surface area contributed by atoms with Crippen LogP contribution in [0.4, 0.5) is 11.4 Å². The van der Waals surface area contributed by atoms with E-state index in [1.54, 1.807) is 0 Å². The molecule has 2 aromatic heterocycles.